The Labute approximate surface area is 111 Å². The smallest absolute Gasteiger partial charge is 0.323 e. The molecule has 4 nitrogen and oxygen atoms in total. The van der Waals surface area contributed by atoms with Gasteiger partial charge in [0.25, 0.3) is 0 Å². The minimum absolute atomic E-state index is 0.214. The van der Waals surface area contributed by atoms with Crippen LogP contribution in [0.4, 0.5) is 10.1 Å². The normalized spacial score (nSPS) is 9.74. The molecule has 0 amide bonds. The van der Waals surface area contributed by atoms with E-state index >= 15 is 0 Å². The second-order valence-corrected chi connectivity index (χ2v) is 3.77. The van der Waals surface area contributed by atoms with Gasteiger partial charge >= 0.3 is 5.97 Å². The Bertz CT molecular complexity index is 474. The fourth-order valence-corrected chi connectivity index (χ4v) is 1.58. The highest BCUT2D eigenvalue weighted by molar-refractivity contribution is 5.75. The van der Waals surface area contributed by atoms with E-state index in [0.717, 1.165) is 0 Å². The molecule has 1 rings (SSSR count). The molecule has 1 aromatic rings. The van der Waals surface area contributed by atoms with Crippen LogP contribution in [0.5, 0.6) is 5.75 Å². The fraction of sp³-hybridized carbons (Fsp3) is 0.214. The number of anilines is 1. The third-order valence-corrected chi connectivity index (χ3v) is 2.29. The summed E-state index contributed by atoms with van der Waals surface area (Å²) in [4.78, 5) is 12.4. The highest BCUT2D eigenvalue weighted by Crippen LogP contribution is 2.29. The topological polar surface area (TPSA) is 49.8 Å². The molecule has 0 atom stereocenters. The fourth-order valence-electron chi connectivity index (χ4n) is 1.58. The molecule has 0 aliphatic carbocycles. The quantitative estimate of drug-likeness (QED) is 0.734. The summed E-state index contributed by atoms with van der Waals surface area (Å²) < 4.78 is 18.6. The molecular formula is C14H16FNO3. The number of hydrogen-bond donors (Lipinski definition) is 1. The maximum absolute atomic E-state index is 13.2. The molecule has 0 radical (unpaired) electrons. The molecule has 102 valence electrons. The average Bonchev–Trinajstić information content (AvgIpc) is 2.35. The van der Waals surface area contributed by atoms with Gasteiger partial charge in [-0.2, -0.15) is 0 Å². The molecule has 0 bridgehead atoms. The van der Waals surface area contributed by atoms with Gasteiger partial charge in [-0.05, 0) is 12.1 Å². The van der Waals surface area contributed by atoms with Crippen molar-refractivity contribution in [3.05, 3.63) is 49.3 Å². The first-order chi connectivity index (χ1) is 9.08. The van der Waals surface area contributed by atoms with Crippen LogP contribution in [0.25, 0.3) is 0 Å². The lowest BCUT2D eigenvalue weighted by Gasteiger charge is -2.23. The zero-order chi connectivity index (χ0) is 14.3. The van der Waals surface area contributed by atoms with Gasteiger partial charge in [0.05, 0.1) is 5.69 Å². The van der Waals surface area contributed by atoms with Gasteiger partial charge in [0.1, 0.15) is 24.7 Å². The minimum atomic E-state index is -0.985. The predicted octanol–water partition coefficient (Wildman–Crippen LogP) is 2.47. The maximum atomic E-state index is 13.2. The first-order valence-electron chi connectivity index (χ1n) is 5.69. The van der Waals surface area contributed by atoms with Crippen LogP contribution in [0, 0.1) is 5.82 Å². The minimum Gasteiger partial charge on any atom is -0.487 e. The summed E-state index contributed by atoms with van der Waals surface area (Å²) in [5, 5.41) is 8.89. The summed E-state index contributed by atoms with van der Waals surface area (Å²) in [6.07, 6.45) is 3.10. The Morgan fingerprint density at radius 2 is 2.16 bits per heavy atom. The number of hydrogen-bond acceptors (Lipinski definition) is 3. The monoisotopic (exact) mass is 265 g/mol. The van der Waals surface area contributed by atoms with E-state index in [1.807, 2.05) is 0 Å². The Morgan fingerprint density at radius 1 is 1.42 bits per heavy atom. The molecule has 0 fully saturated rings. The van der Waals surface area contributed by atoms with Crippen molar-refractivity contribution in [2.24, 2.45) is 0 Å². The van der Waals surface area contributed by atoms with Crippen LogP contribution in [0.2, 0.25) is 0 Å². The van der Waals surface area contributed by atoms with E-state index in [-0.39, 0.29) is 18.9 Å². The molecule has 0 aliphatic heterocycles. The largest absolute Gasteiger partial charge is 0.487 e. The van der Waals surface area contributed by atoms with E-state index in [1.165, 1.54) is 29.2 Å². The Balaban J connectivity index is 3.08. The summed E-state index contributed by atoms with van der Waals surface area (Å²) in [5.41, 5.74) is 0.505. The van der Waals surface area contributed by atoms with Gasteiger partial charge in [-0.15, -0.1) is 6.58 Å². The van der Waals surface area contributed by atoms with Crippen LogP contribution in [0.15, 0.2) is 43.5 Å². The van der Waals surface area contributed by atoms with E-state index in [1.54, 1.807) is 6.08 Å². The van der Waals surface area contributed by atoms with E-state index in [2.05, 4.69) is 13.2 Å². The van der Waals surface area contributed by atoms with Crippen LogP contribution in [0.1, 0.15) is 0 Å². The van der Waals surface area contributed by atoms with Crippen LogP contribution in [0.3, 0.4) is 0 Å². The summed E-state index contributed by atoms with van der Waals surface area (Å²) in [6.45, 7) is 7.41. The van der Waals surface area contributed by atoms with Crippen molar-refractivity contribution in [1.29, 1.82) is 0 Å². The van der Waals surface area contributed by atoms with Crippen molar-refractivity contribution in [2.75, 3.05) is 24.6 Å². The SMILES string of the molecule is C=CCOc1cc(F)ccc1N(CC=C)CC(=O)O. The molecule has 1 aromatic carbocycles. The molecule has 0 saturated carbocycles. The van der Waals surface area contributed by atoms with Crippen molar-refractivity contribution in [1.82, 2.24) is 0 Å². The third kappa shape index (κ3) is 4.46. The maximum Gasteiger partial charge on any atom is 0.323 e. The molecular weight excluding hydrogens is 249 g/mol. The van der Waals surface area contributed by atoms with Gasteiger partial charge in [0.2, 0.25) is 0 Å². The number of aliphatic carboxylic acids is 1. The van der Waals surface area contributed by atoms with Crippen molar-refractivity contribution in [3.8, 4) is 5.75 Å². The van der Waals surface area contributed by atoms with Crippen molar-refractivity contribution in [3.63, 3.8) is 0 Å². The molecule has 0 aromatic heterocycles. The molecule has 19 heavy (non-hydrogen) atoms. The lowest BCUT2D eigenvalue weighted by atomic mass is 10.2. The van der Waals surface area contributed by atoms with Gasteiger partial charge in [-0.25, -0.2) is 4.39 Å². The Morgan fingerprint density at radius 3 is 2.74 bits per heavy atom. The number of ether oxygens (including phenoxy) is 1. The summed E-state index contributed by atoms with van der Waals surface area (Å²) in [5.74, 6) is -1.15. The van der Waals surface area contributed by atoms with Gasteiger partial charge in [0, 0.05) is 12.6 Å². The van der Waals surface area contributed by atoms with E-state index in [4.69, 9.17) is 9.84 Å². The predicted molar refractivity (Wildman–Crippen MR) is 72.1 cm³/mol. The molecule has 0 unspecified atom stereocenters. The van der Waals surface area contributed by atoms with Crippen LogP contribution >= 0.6 is 0 Å². The zero-order valence-corrected chi connectivity index (χ0v) is 10.5. The second-order valence-electron chi connectivity index (χ2n) is 3.77. The van der Waals surface area contributed by atoms with Crippen LogP contribution < -0.4 is 9.64 Å². The molecule has 1 N–H and O–H groups in total. The number of nitrogens with zero attached hydrogens (tertiary/aromatic N) is 1. The number of carboxylic acid groups (broad SMARTS) is 1. The zero-order valence-electron chi connectivity index (χ0n) is 10.5. The Kier molecular flexibility index (Phi) is 5.60. The number of rotatable bonds is 8. The summed E-state index contributed by atoms with van der Waals surface area (Å²) in [7, 11) is 0. The first-order valence-corrected chi connectivity index (χ1v) is 5.69. The lowest BCUT2D eigenvalue weighted by molar-refractivity contribution is -0.135. The molecule has 5 heteroatoms. The molecule has 0 heterocycles. The third-order valence-electron chi connectivity index (χ3n) is 2.29. The summed E-state index contributed by atoms with van der Waals surface area (Å²) >= 11 is 0. The lowest BCUT2D eigenvalue weighted by Crippen LogP contribution is -2.30. The first kappa shape index (κ1) is 14.8. The summed E-state index contributed by atoms with van der Waals surface area (Å²) in [6, 6.07) is 3.96. The number of halogens is 1. The van der Waals surface area contributed by atoms with Gasteiger partial charge < -0.3 is 14.7 Å². The van der Waals surface area contributed by atoms with Crippen LogP contribution in [-0.2, 0) is 4.79 Å². The van der Waals surface area contributed by atoms with E-state index in [0.29, 0.717) is 12.2 Å². The van der Waals surface area contributed by atoms with Crippen LogP contribution in [-0.4, -0.2) is 30.8 Å². The number of benzene rings is 1. The number of carbonyl (C=O) groups is 1. The van der Waals surface area contributed by atoms with Crippen molar-refractivity contribution < 1.29 is 19.0 Å². The highest BCUT2D eigenvalue weighted by Gasteiger charge is 2.15. The molecule has 0 spiro atoms. The average molecular weight is 265 g/mol. The van der Waals surface area contributed by atoms with Gasteiger partial charge in [-0.3, -0.25) is 4.79 Å². The standard InChI is InChI=1S/C14H16FNO3/c1-3-7-16(10-14(17)18)12-6-5-11(15)9-13(12)19-8-4-2/h3-6,9H,1-2,7-8,10H2,(H,17,18). The van der Waals surface area contributed by atoms with Gasteiger partial charge in [-0.1, -0.05) is 18.7 Å². The Hall–Kier alpha value is -2.30. The molecule has 0 saturated heterocycles. The highest BCUT2D eigenvalue weighted by atomic mass is 19.1. The number of carboxylic acids is 1. The van der Waals surface area contributed by atoms with Gasteiger partial charge in [0.15, 0.2) is 0 Å². The van der Waals surface area contributed by atoms with Crippen molar-refractivity contribution in [2.45, 2.75) is 0 Å². The van der Waals surface area contributed by atoms with E-state index in [9.17, 15) is 9.18 Å². The molecule has 0 aliphatic rings. The van der Waals surface area contributed by atoms with E-state index < -0.39 is 11.8 Å². The van der Waals surface area contributed by atoms with Crippen molar-refractivity contribution >= 4 is 11.7 Å². The second kappa shape index (κ2) is 7.20.